The minimum Gasteiger partial charge on any atom is -0.450 e. The summed E-state index contributed by atoms with van der Waals surface area (Å²) in [4.78, 5) is 22.9. The topological polar surface area (TPSA) is 78.2 Å². The van der Waals surface area contributed by atoms with E-state index in [0.29, 0.717) is 26.2 Å². The first kappa shape index (κ1) is 24.5. The molecule has 2 heterocycles. The minimum atomic E-state index is -0.233. The molecule has 1 aromatic rings. The van der Waals surface area contributed by atoms with E-state index in [2.05, 4.69) is 41.2 Å². The molecule has 0 radical (unpaired) electrons. The molecule has 10 heteroatoms. The van der Waals surface area contributed by atoms with Crippen LogP contribution >= 0.6 is 24.0 Å². The number of aliphatic imine (C=N–C) groups is 1. The van der Waals surface area contributed by atoms with Gasteiger partial charge in [0.05, 0.1) is 25.4 Å². The number of piperazine rings is 1. The van der Waals surface area contributed by atoms with Crippen molar-refractivity contribution in [1.82, 2.24) is 29.8 Å². The SMILES string of the molecule is CCNC(=NCC(c1cnn(C)c1)N(C)C)N1CCN(C(=O)OCC)CC1.I. The number of nitrogens with zero attached hydrogens (tertiary/aromatic N) is 6. The highest BCUT2D eigenvalue weighted by Gasteiger charge is 2.24. The summed E-state index contributed by atoms with van der Waals surface area (Å²) in [7, 11) is 6.03. The standard InChI is InChI=1S/C18H33N7O2.HI/c1-6-19-17(24-8-10-25(11-9-24)18(26)27-7-2)20-13-16(22(3)4)15-12-21-23(5)14-15;/h12,14,16H,6-11,13H2,1-5H3,(H,19,20);1H. The van der Waals surface area contributed by atoms with Crippen LogP contribution in [-0.2, 0) is 11.8 Å². The number of hydrogen-bond acceptors (Lipinski definition) is 5. The first-order valence-electron chi connectivity index (χ1n) is 9.56. The summed E-state index contributed by atoms with van der Waals surface area (Å²) >= 11 is 0. The number of aryl methyl sites for hydroxylation is 1. The molecule has 1 aromatic heterocycles. The fraction of sp³-hybridized carbons (Fsp3) is 0.722. The summed E-state index contributed by atoms with van der Waals surface area (Å²) in [5.41, 5.74) is 1.15. The fourth-order valence-electron chi connectivity index (χ4n) is 3.09. The van der Waals surface area contributed by atoms with E-state index >= 15 is 0 Å². The van der Waals surface area contributed by atoms with E-state index in [1.54, 1.807) is 4.90 Å². The number of rotatable bonds is 6. The Morgan fingerprint density at radius 1 is 1.29 bits per heavy atom. The van der Waals surface area contributed by atoms with Crippen LogP contribution in [0.5, 0.6) is 0 Å². The van der Waals surface area contributed by atoms with E-state index in [0.717, 1.165) is 31.2 Å². The van der Waals surface area contributed by atoms with Crippen LogP contribution in [0.1, 0.15) is 25.5 Å². The summed E-state index contributed by atoms with van der Waals surface area (Å²) in [6.07, 6.45) is 3.69. The molecule has 0 aromatic carbocycles. The van der Waals surface area contributed by atoms with Crippen LogP contribution in [0.25, 0.3) is 0 Å². The number of carbonyl (C=O) groups excluding carboxylic acids is 1. The van der Waals surface area contributed by atoms with Crippen molar-refractivity contribution in [2.24, 2.45) is 12.0 Å². The van der Waals surface area contributed by atoms with Gasteiger partial charge in [0.1, 0.15) is 0 Å². The summed E-state index contributed by atoms with van der Waals surface area (Å²) in [6, 6.07) is 0.160. The second-order valence-corrected chi connectivity index (χ2v) is 6.79. The number of amides is 1. The molecule has 160 valence electrons. The highest BCUT2D eigenvalue weighted by Crippen LogP contribution is 2.18. The molecule has 0 spiro atoms. The number of halogens is 1. The average Bonchev–Trinajstić information content (AvgIpc) is 3.07. The van der Waals surface area contributed by atoms with Gasteiger partial charge in [-0.3, -0.25) is 9.67 Å². The van der Waals surface area contributed by atoms with Gasteiger partial charge in [0, 0.05) is 51.5 Å². The molecule has 0 aliphatic carbocycles. The predicted octanol–water partition coefficient (Wildman–Crippen LogP) is 1.38. The van der Waals surface area contributed by atoms with Crippen molar-refractivity contribution >= 4 is 36.0 Å². The largest absolute Gasteiger partial charge is 0.450 e. The molecular weight excluding hydrogens is 473 g/mol. The number of guanidine groups is 1. The van der Waals surface area contributed by atoms with Gasteiger partial charge >= 0.3 is 6.09 Å². The highest BCUT2D eigenvalue weighted by molar-refractivity contribution is 14.0. The van der Waals surface area contributed by atoms with Crippen molar-refractivity contribution in [3.8, 4) is 0 Å². The average molecular weight is 507 g/mol. The monoisotopic (exact) mass is 507 g/mol. The molecule has 2 rings (SSSR count). The maximum atomic E-state index is 11.9. The normalized spacial score (nSPS) is 16.0. The third-order valence-electron chi connectivity index (χ3n) is 4.59. The molecule has 0 bridgehead atoms. The van der Waals surface area contributed by atoms with E-state index in [-0.39, 0.29) is 36.1 Å². The second kappa shape index (κ2) is 12.1. The number of carbonyl (C=O) groups is 1. The summed E-state index contributed by atoms with van der Waals surface area (Å²) < 4.78 is 6.90. The molecular formula is C18H34IN7O2. The van der Waals surface area contributed by atoms with Gasteiger partial charge in [-0.25, -0.2) is 4.79 Å². The molecule has 9 nitrogen and oxygen atoms in total. The van der Waals surface area contributed by atoms with Gasteiger partial charge in [-0.05, 0) is 27.9 Å². The number of ether oxygens (including phenoxy) is 1. The fourth-order valence-corrected chi connectivity index (χ4v) is 3.09. The van der Waals surface area contributed by atoms with Gasteiger partial charge in [-0.15, -0.1) is 24.0 Å². The van der Waals surface area contributed by atoms with E-state index in [1.807, 2.05) is 31.0 Å². The molecule has 1 fully saturated rings. The summed E-state index contributed by atoms with van der Waals surface area (Å²) in [6.45, 7) is 8.50. The van der Waals surface area contributed by atoms with E-state index < -0.39 is 0 Å². The lowest BCUT2D eigenvalue weighted by atomic mass is 10.1. The van der Waals surface area contributed by atoms with Gasteiger partial charge in [-0.2, -0.15) is 5.10 Å². The first-order valence-corrected chi connectivity index (χ1v) is 9.56. The molecule has 1 atom stereocenters. The molecule has 1 amide bonds. The predicted molar refractivity (Wildman–Crippen MR) is 121 cm³/mol. The Kier molecular flexibility index (Phi) is 10.6. The number of likely N-dealkylation sites (N-methyl/N-ethyl adjacent to an activating group) is 1. The lowest BCUT2D eigenvalue weighted by molar-refractivity contribution is 0.0914. The number of aromatic nitrogens is 2. The van der Waals surface area contributed by atoms with Gasteiger partial charge in [0.2, 0.25) is 0 Å². The Morgan fingerprint density at radius 3 is 2.43 bits per heavy atom. The Labute approximate surface area is 185 Å². The molecule has 28 heavy (non-hydrogen) atoms. The Morgan fingerprint density at radius 2 is 1.93 bits per heavy atom. The van der Waals surface area contributed by atoms with Gasteiger partial charge < -0.3 is 24.8 Å². The zero-order valence-corrected chi connectivity index (χ0v) is 19.9. The highest BCUT2D eigenvalue weighted by atomic mass is 127. The van der Waals surface area contributed by atoms with Crippen molar-refractivity contribution in [2.75, 3.05) is 60.0 Å². The first-order chi connectivity index (χ1) is 13.0. The van der Waals surface area contributed by atoms with Crippen molar-refractivity contribution in [1.29, 1.82) is 0 Å². The van der Waals surface area contributed by atoms with Crippen LogP contribution < -0.4 is 5.32 Å². The molecule has 1 aliphatic rings. The smallest absolute Gasteiger partial charge is 0.409 e. The van der Waals surface area contributed by atoms with E-state index in [1.165, 1.54) is 0 Å². The quantitative estimate of drug-likeness (QED) is 0.356. The van der Waals surface area contributed by atoms with Crippen molar-refractivity contribution < 1.29 is 9.53 Å². The summed E-state index contributed by atoms with van der Waals surface area (Å²) in [5.74, 6) is 0.886. The molecule has 1 unspecified atom stereocenters. The lowest BCUT2D eigenvalue weighted by Gasteiger charge is -2.36. The van der Waals surface area contributed by atoms with Gasteiger partial charge in [-0.1, -0.05) is 0 Å². The van der Waals surface area contributed by atoms with E-state index in [9.17, 15) is 4.79 Å². The summed E-state index contributed by atoms with van der Waals surface area (Å²) in [5, 5.41) is 7.65. The Balaban J connectivity index is 0.00000392. The molecule has 1 saturated heterocycles. The maximum Gasteiger partial charge on any atom is 0.409 e. The third-order valence-corrected chi connectivity index (χ3v) is 4.59. The van der Waals surface area contributed by atoms with Crippen molar-refractivity contribution in [2.45, 2.75) is 19.9 Å². The van der Waals surface area contributed by atoms with Crippen LogP contribution in [-0.4, -0.2) is 96.5 Å². The van der Waals surface area contributed by atoms with Gasteiger partial charge in [0.25, 0.3) is 0 Å². The molecule has 0 saturated carbocycles. The number of nitrogens with one attached hydrogen (secondary N) is 1. The number of hydrogen-bond donors (Lipinski definition) is 1. The Bertz CT molecular complexity index is 627. The van der Waals surface area contributed by atoms with Crippen LogP contribution in [0.4, 0.5) is 4.79 Å². The molecule has 1 N–H and O–H groups in total. The van der Waals surface area contributed by atoms with E-state index in [4.69, 9.17) is 9.73 Å². The van der Waals surface area contributed by atoms with Crippen LogP contribution in [0.15, 0.2) is 17.4 Å². The van der Waals surface area contributed by atoms with Gasteiger partial charge in [0.15, 0.2) is 5.96 Å². The molecule has 1 aliphatic heterocycles. The lowest BCUT2D eigenvalue weighted by Crippen LogP contribution is -2.54. The zero-order valence-electron chi connectivity index (χ0n) is 17.6. The second-order valence-electron chi connectivity index (χ2n) is 6.79. The minimum absolute atomic E-state index is 0. The maximum absolute atomic E-state index is 11.9. The Hall–Kier alpha value is -1.56. The third kappa shape index (κ3) is 6.80. The van der Waals surface area contributed by atoms with Crippen LogP contribution in [0, 0.1) is 0 Å². The zero-order chi connectivity index (χ0) is 19.8. The van der Waals surface area contributed by atoms with Crippen LogP contribution in [0.3, 0.4) is 0 Å². The van der Waals surface area contributed by atoms with Crippen LogP contribution in [0.2, 0.25) is 0 Å². The van der Waals surface area contributed by atoms with Crippen molar-refractivity contribution in [3.05, 3.63) is 18.0 Å². The van der Waals surface area contributed by atoms with Crippen molar-refractivity contribution in [3.63, 3.8) is 0 Å².